The number of benzene rings is 2. The zero-order valence-corrected chi connectivity index (χ0v) is 15.0. The summed E-state index contributed by atoms with van der Waals surface area (Å²) in [6.07, 6.45) is 0. The van der Waals surface area contributed by atoms with E-state index in [1.807, 2.05) is 6.07 Å². The van der Waals surface area contributed by atoms with Crippen molar-refractivity contribution < 1.29 is 19.1 Å². The van der Waals surface area contributed by atoms with Gasteiger partial charge in [-0.3, -0.25) is 4.79 Å². The highest BCUT2D eigenvalue weighted by atomic mass is 79.9. The molecule has 1 amide bonds. The molecule has 5 nitrogen and oxygen atoms in total. The highest BCUT2D eigenvalue weighted by Gasteiger charge is 2.13. The predicted octanol–water partition coefficient (Wildman–Crippen LogP) is 4.46. The Labute approximate surface area is 153 Å². The van der Waals surface area contributed by atoms with E-state index in [4.69, 9.17) is 14.3 Å². The first-order valence-corrected chi connectivity index (χ1v) is 8.35. The minimum atomic E-state index is -0.211. The summed E-state index contributed by atoms with van der Waals surface area (Å²) in [6.45, 7) is -0.164. The molecule has 1 aromatic heterocycles. The summed E-state index contributed by atoms with van der Waals surface area (Å²) in [4.78, 5) is 12.3. The van der Waals surface area contributed by atoms with E-state index in [2.05, 4.69) is 21.2 Å². The number of hydrogen-bond acceptors (Lipinski definition) is 4. The molecular weight excluding hydrogens is 386 g/mol. The van der Waals surface area contributed by atoms with Gasteiger partial charge < -0.3 is 19.6 Å². The quantitative estimate of drug-likeness (QED) is 0.661. The Balaban J connectivity index is 1.85. The van der Waals surface area contributed by atoms with E-state index in [1.165, 1.54) is 0 Å². The van der Waals surface area contributed by atoms with Crippen molar-refractivity contribution in [3.8, 4) is 17.1 Å². The second-order valence-electron chi connectivity index (χ2n) is 5.30. The molecule has 0 aliphatic rings. The molecule has 3 rings (SSSR count). The molecular formula is C19H16BrNO4. The number of aliphatic hydroxyl groups is 1. The fraction of sp³-hybridized carbons (Fsp3) is 0.105. The molecule has 3 aromatic rings. The van der Waals surface area contributed by atoms with Gasteiger partial charge in [0.15, 0.2) is 0 Å². The first-order chi connectivity index (χ1) is 12.1. The van der Waals surface area contributed by atoms with E-state index in [0.717, 1.165) is 10.0 Å². The van der Waals surface area contributed by atoms with Crippen molar-refractivity contribution in [3.05, 3.63) is 70.4 Å². The van der Waals surface area contributed by atoms with E-state index >= 15 is 0 Å². The average Bonchev–Trinajstić information content (AvgIpc) is 3.10. The molecule has 0 unspecified atom stereocenters. The van der Waals surface area contributed by atoms with Crippen LogP contribution in [0.25, 0.3) is 11.3 Å². The van der Waals surface area contributed by atoms with E-state index in [0.29, 0.717) is 28.5 Å². The third kappa shape index (κ3) is 3.92. The molecule has 25 heavy (non-hydrogen) atoms. The normalized spacial score (nSPS) is 10.5. The van der Waals surface area contributed by atoms with Crippen molar-refractivity contribution in [1.29, 1.82) is 0 Å². The molecule has 0 atom stereocenters. The zero-order valence-electron chi connectivity index (χ0n) is 13.5. The highest BCUT2D eigenvalue weighted by Crippen LogP contribution is 2.33. The molecule has 1 heterocycles. The molecule has 2 aromatic carbocycles. The maximum Gasteiger partial charge on any atom is 0.255 e. The lowest BCUT2D eigenvalue weighted by Gasteiger charge is -2.10. The van der Waals surface area contributed by atoms with Crippen LogP contribution in [0.3, 0.4) is 0 Å². The van der Waals surface area contributed by atoms with Gasteiger partial charge in [-0.05, 0) is 42.5 Å². The van der Waals surface area contributed by atoms with Crippen molar-refractivity contribution >= 4 is 27.5 Å². The van der Waals surface area contributed by atoms with Gasteiger partial charge >= 0.3 is 0 Å². The second kappa shape index (κ2) is 7.55. The first-order valence-electron chi connectivity index (χ1n) is 7.55. The number of nitrogens with one attached hydrogen (secondary N) is 1. The molecule has 0 aliphatic heterocycles. The Kier molecular flexibility index (Phi) is 5.21. The van der Waals surface area contributed by atoms with Crippen LogP contribution in [0, 0.1) is 0 Å². The summed E-state index contributed by atoms with van der Waals surface area (Å²) >= 11 is 3.35. The highest BCUT2D eigenvalue weighted by molar-refractivity contribution is 9.10. The lowest BCUT2D eigenvalue weighted by Crippen LogP contribution is -2.11. The Morgan fingerprint density at radius 1 is 1.20 bits per heavy atom. The van der Waals surface area contributed by atoms with Gasteiger partial charge in [-0.15, -0.1) is 0 Å². The number of aliphatic hydroxyl groups excluding tert-OH is 1. The molecule has 0 radical (unpaired) electrons. The van der Waals surface area contributed by atoms with Crippen LogP contribution >= 0.6 is 15.9 Å². The van der Waals surface area contributed by atoms with Crippen LogP contribution < -0.4 is 10.1 Å². The van der Waals surface area contributed by atoms with Crippen LogP contribution in [0.5, 0.6) is 5.75 Å². The molecule has 0 aliphatic carbocycles. The number of carbonyl (C=O) groups is 1. The Hall–Kier alpha value is -2.57. The summed E-state index contributed by atoms with van der Waals surface area (Å²) in [5.41, 5.74) is 1.90. The minimum absolute atomic E-state index is 0.164. The van der Waals surface area contributed by atoms with Crippen molar-refractivity contribution in [2.45, 2.75) is 6.61 Å². The molecule has 0 saturated carbocycles. The number of methoxy groups -OCH3 is 1. The van der Waals surface area contributed by atoms with E-state index in [-0.39, 0.29) is 12.5 Å². The molecule has 0 fully saturated rings. The number of ether oxygens (including phenoxy) is 1. The Morgan fingerprint density at radius 2 is 2.04 bits per heavy atom. The van der Waals surface area contributed by atoms with Crippen LogP contribution in [0.15, 0.2) is 63.5 Å². The largest absolute Gasteiger partial charge is 0.496 e. The molecule has 128 valence electrons. The first kappa shape index (κ1) is 17.3. The summed E-state index contributed by atoms with van der Waals surface area (Å²) in [7, 11) is 1.55. The fourth-order valence-corrected chi connectivity index (χ4v) is 2.81. The number of anilines is 1. The summed E-state index contributed by atoms with van der Waals surface area (Å²) in [5.74, 6) is 1.41. The molecule has 0 spiro atoms. The SMILES string of the molecule is COc1cc(NC(=O)c2cccc(Br)c2)ccc1-c1ccc(CO)o1. The third-order valence-electron chi connectivity index (χ3n) is 3.63. The van der Waals surface area contributed by atoms with Crippen molar-refractivity contribution in [2.75, 3.05) is 12.4 Å². The summed E-state index contributed by atoms with van der Waals surface area (Å²) in [6, 6.07) is 15.9. The van der Waals surface area contributed by atoms with Gasteiger partial charge in [-0.2, -0.15) is 0 Å². The van der Waals surface area contributed by atoms with E-state index in [1.54, 1.807) is 55.6 Å². The number of halogens is 1. The fourth-order valence-electron chi connectivity index (χ4n) is 2.41. The maximum atomic E-state index is 12.3. The smallest absolute Gasteiger partial charge is 0.255 e. The van der Waals surface area contributed by atoms with E-state index < -0.39 is 0 Å². The van der Waals surface area contributed by atoms with E-state index in [9.17, 15) is 4.79 Å². The summed E-state index contributed by atoms with van der Waals surface area (Å²) in [5, 5.41) is 12.0. The van der Waals surface area contributed by atoms with Crippen LogP contribution in [-0.2, 0) is 6.61 Å². The van der Waals surface area contributed by atoms with Gasteiger partial charge in [0.05, 0.1) is 12.7 Å². The van der Waals surface area contributed by atoms with Gasteiger partial charge in [0.1, 0.15) is 23.9 Å². The van der Waals surface area contributed by atoms with Crippen molar-refractivity contribution in [1.82, 2.24) is 0 Å². The van der Waals surface area contributed by atoms with Gasteiger partial charge in [-0.25, -0.2) is 0 Å². The van der Waals surface area contributed by atoms with Gasteiger partial charge in [0, 0.05) is 21.8 Å². The van der Waals surface area contributed by atoms with Gasteiger partial charge in [-0.1, -0.05) is 22.0 Å². The molecule has 0 saturated heterocycles. The van der Waals surface area contributed by atoms with Crippen LogP contribution in [-0.4, -0.2) is 18.1 Å². The lowest BCUT2D eigenvalue weighted by molar-refractivity contribution is 0.102. The van der Waals surface area contributed by atoms with Crippen molar-refractivity contribution in [2.24, 2.45) is 0 Å². The van der Waals surface area contributed by atoms with Crippen LogP contribution in [0.4, 0.5) is 5.69 Å². The van der Waals surface area contributed by atoms with Gasteiger partial charge in [0.2, 0.25) is 0 Å². The Bertz CT molecular complexity index is 904. The van der Waals surface area contributed by atoms with Crippen LogP contribution in [0.1, 0.15) is 16.1 Å². The molecule has 0 bridgehead atoms. The number of furan rings is 1. The zero-order chi connectivity index (χ0) is 17.8. The van der Waals surface area contributed by atoms with Crippen LogP contribution in [0.2, 0.25) is 0 Å². The topological polar surface area (TPSA) is 71.7 Å². The Morgan fingerprint density at radius 3 is 2.72 bits per heavy atom. The average molecular weight is 402 g/mol. The minimum Gasteiger partial charge on any atom is -0.496 e. The molecule has 2 N–H and O–H groups in total. The standard InChI is InChI=1S/C19H16BrNO4/c1-24-18-10-14(21-19(23)12-3-2-4-13(20)9-12)5-7-16(18)17-8-6-15(11-22)25-17/h2-10,22H,11H2,1H3,(H,21,23). The number of carbonyl (C=O) groups excluding carboxylic acids is 1. The second-order valence-corrected chi connectivity index (χ2v) is 6.22. The number of hydrogen-bond donors (Lipinski definition) is 2. The number of rotatable bonds is 5. The third-order valence-corrected chi connectivity index (χ3v) is 4.12. The molecule has 6 heteroatoms. The lowest BCUT2D eigenvalue weighted by atomic mass is 10.1. The monoisotopic (exact) mass is 401 g/mol. The van der Waals surface area contributed by atoms with Crippen molar-refractivity contribution in [3.63, 3.8) is 0 Å². The maximum absolute atomic E-state index is 12.3. The summed E-state index contributed by atoms with van der Waals surface area (Å²) < 4.78 is 11.8. The van der Waals surface area contributed by atoms with Gasteiger partial charge in [0.25, 0.3) is 5.91 Å². The number of amides is 1. The predicted molar refractivity (Wildman–Crippen MR) is 98.7 cm³/mol.